The van der Waals surface area contributed by atoms with E-state index in [1.54, 1.807) is 0 Å². The first-order valence-corrected chi connectivity index (χ1v) is 7.33. The summed E-state index contributed by atoms with van der Waals surface area (Å²) in [6, 6.07) is 2.47. The number of hydrogen-bond acceptors (Lipinski definition) is 4. The van der Waals surface area contributed by atoms with Crippen LogP contribution in [0.1, 0.15) is 13.8 Å². The van der Waals surface area contributed by atoms with Gasteiger partial charge >= 0.3 is 0 Å². The molecule has 5 nitrogen and oxygen atoms in total. The lowest BCUT2D eigenvalue weighted by molar-refractivity contribution is 0.249. The first kappa shape index (κ1) is 17.4. The van der Waals surface area contributed by atoms with Gasteiger partial charge in [-0.2, -0.15) is 9.78 Å². The summed E-state index contributed by atoms with van der Waals surface area (Å²) in [4.78, 5) is 12.3. The highest BCUT2D eigenvalue weighted by molar-refractivity contribution is 6.32. The molecule has 0 amide bonds. The zero-order valence-electron chi connectivity index (χ0n) is 12.6. The Labute approximate surface area is 136 Å². The lowest BCUT2D eigenvalue weighted by Gasteiger charge is -2.21. The van der Waals surface area contributed by atoms with Crippen LogP contribution in [-0.4, -0.2) is 27.5 Å². The van der Waals surface area contributed by atoms with Gasteiger partial charge in [0.1, 0.15) is 16.5 Å². The van der Waals surface area contributed by atoms with Gasteiger partial charge < -0.3 is 10.4 Å². The molecule has 2 aromatic rings. The van der Waals surface area contributed by atoms with Crippen molar-refractivity contribution in [1.29, 1.82) is 0 Å². The van der Waals surface area contributed by atoms with E-state index in [0.29, 0.717) is 6.07 Å². The van der Waals surface area contributed by atoms with Gasteiger partial charge in [-0.1, -0.05) is 25.4 Å². The summed E-state index contributed by atoms with van der Waals surface area (Å²) in [5.74, 6) is -1.59. The summed E-state index contributed by atoms with van der Waals surface area (Å²) in [5.41, 5.74) is -0.710. The van der Waals surface area contributed by atoms with Crippen LogP contribution in [0.2, 0.25) is 5.02 Å². The zero-order chi connectivity index (χ0) is 17.1. The first-order chi connectivity index (χ1) is 10.8. The smallest absolute Gasteiger partial charge is 0.292 e. The number of anilines is 1. The van der Waals surface area contributed by atoms with Crippen molar-refractivity contribution in [3.8, 4) is 5.69 Å². The Bertz CT molecular complexity index is 765. The Hall–Kier alpha value is -1.99. The van der Waals surface area contributed by atoms with E-state index in [0.717, 1.165) is 16.8 Å². The predicted octanol–water partition coefficient (Wildman–Crippen LogP) is 2.59. The topological polar surface area (TPSA) is 67.2 Å². The molecule has 0 radical (unpaired) electrons. The lowest BCUT2D eigenvalue weighted by atomic mass is 10.1. The van der Waals surface area contributed by atoms with Crippen LogP contribution in [0.3, 0.4) is 0 Å². The van der Waals surface area contributed by atoms with Gasteiger partial charge in [0, 0.05) is 6.07 Å². The molecule has 0 unspecified atom stereocenters. The molecule has 0 aliphatic heterocycles. The van der Waals surface area contributed by atoms with Gasteiger partial charge in [-0.3, -0.25) is 4.79 Å². The molecule has 0 fully saturated rings. The van der Waals surface area contributed by atoms with Gasteiger partial charge in [-0.25, -0.2) is 8.78 Å². The van der Waals surface area contributed by atoms with Crippen molar-refractivity contribution in [2.75, 3.05) is 11.9 Å². The minimum Gasteiger partial charge on any atom is -0.394 e. The number of nitrogens with one attached hydrogen (secondary N) is 1. The molecule has 0 saturated heterocycles. The quantitative estimate of drug-likeness (QED) is 0.875. The van der Waals surface area contributed by atoms with Gasteiger partial charge in [0.25, 0.3) is 5.56 Å². The van der Waals surface area contributed by atoms with Crippen LogP contribution in [0.25, 0.3) is 5.69 Å². The summed E-state index contributed by atoms with van der Waals surface area (Å²) in [6.45, 7) is 3.64. The number of benzene rings is 1. The molecule has 0 spiro atoms. The predicted molar refractivity (Wildman–Crippen MR) is 84.1 cm³/mol. The molecule has 0 aliphatic carbocycles. The molecule has 1 atom stereocenters. The fourth-order valence-electron chi connectivity index (χ4n) is 1.98. The number of aliphatic hydroxyl groups is 1. The van der Waals surface area contributed by atoms with E-state index in [2.05, 4.69) is 10.4 Å². The average Bonchev–Trinajstić information content (AvgIpc) is 2.49. The van der Waals surface area contributed by atoms with Gasteiger partial charge in [0.2, 0.25) is 0 Å². The van der Waals surface area contributed by atoms with Crippen molar-refractivity contribution in [1.82, 2.24) is 9.78 Å². The van der Waals surface area contributed by atoms with E-state index >= 15 is 0 Å². The van der Waals surface area contributed by atoms with E-state index in [9.17, 15) is 18.7 Å². The number of aliphatic hydroxyl groups excluding tert-OH is 1. The summed E-state index contributed by atoms with van der Waals surface area (Å²) in [5, 5.41) is 15.9. The molecule has 0 aliphatic rings. The first-order valence-electron chi connectivity index (χ1n) is 6.95. The van der Waals surface area contributed by atoms with Gasteiger partial charge in [-0.05, 0) is 18.1 Å². The fraction of sp³-hybridized carbons (Fsp3) is 0.333. The Morgan fingerprint density at radius 1 is 1.39 bits per heavy atom. The normalized spacial score (nSPS) is 12.5. The van der Waals surface area contributed by atoms with E-state index < -0.39 is 17.2 Å². The molecule has 124 valence electrons. The summed E-state index contributed by atoms with van der Waals surface area (Å²) in [6.07, 6.45) is 1.26. The van der Waals surface area contributed by atoms with Crippen molar-refractivity contribution in [3.63, 3.8) is 0 Å². The van der Waals surface area contributed by atoms with Gasteiger partial charge in [0.15, 0.2) is 5.82 Å². The van der Waals surface area contributed by atoms with E-state index in [4.69, 9.17) is 11.6 Å². The number of nitrogens with zero attached hydrogens (tertiary/aromatic N) is 2. The van der Waals surface area contributed by atoms with Gasteiger partial charge in [0.05, 0.1) is 24.5 Å². The van der Waals surface area contributed by atoms with Crippen LogP contribution in [0.4, 0.5) is 14.5 Å². The van der Waals surface area contributed by atoms with Crippen molar-refractivity contribution in [2.45, 2.75) is 19.9 Å². The lowest BCUT2D eigenvalue weighted by Crippen LogP contribution is -2.31. The van der Waals surface area contributed by atoms with Crippen LogP contribution in [-0.2, 0) is 0 Å². The highest BCUT2D eigenvalue weighted by Crippen LogP contribution is 2.20. The average molecular weight is 344 g/mol. The summed E-state index contributed by atoms with van der Waals surface area (Å²) in [7, 11) is 0. The minimum atomic E-state index is -0.924. The summed E-state index contributed by atoms with van der Waals surface area (Å²) >= 11 is 6.02. The standard InChI is InChI=1S/C15H16ClF2N3O2/c1-8(2)12(7-22)20-11-6-19-21(15(23)14(11)16)13-4-3-9(17)5-10(13)18/h3-6,8,12,20,22H,7H2,1-2H3/t12-/m1/s1. The van der Waals surface area contributed by atoms with Crippen molar-refractivity contribution in [3.05, 3.63) is 51.4 Å². The maximum absolute atomic E-state index is 13.8. The second-order valence-electron chi connectivity index (χ2n) is 5.36. The van der Waals surface area contributed by atoms with Crippen molar-refractivity contribution in [2.24, 2.45) is 5.92 Å². The van der Waals surface area contributed by atoms with Crippen molar-refractivity contribution < 1.29 is 13.9 Å². The third-order valence-electron chi connectivity index (χ3n) is 3.40. The molecule has 0 bridgehead atoms. The minimum absolute atomic E-state index is 0.0908. The number of rotatable bonds is 5. The molecule has 1 aromatic carbocycles. The number of hydrogen-bond donors (Lipinski definition) is 2. The van der Waals surface area contributed by atoms with Gasteiger partial charge in [-0.15, -0.1) is 0 Å². The highest BCUT2D eigenvalue weighted by atomic mass is 35.5. The van der Waals surface area contributed by atoms with Crippen LogP contribution in [0, 0.1) is 17.6 Å². The van der Waals surface area contributed by atoms with Crippen LogP contribution >= 0.6 is 11.6 Å². The monoisotopic (exact) mass is 343 g/mol. The van der Waals surface area contributed by atoms with Crippen molar-refractivity contribution >= 4 is 17.3 Å². The van der Waals surface area contributed by atoms with E-state index in [1.807, 2.05) is 13.8 Å². The molecule has 1 heterocycles. The maximum atomic E-state index is 13.8. The fourth-order valence-corrected chi connectivity index (χ4v) is 2.16. The second-order valence-corrected chi connectivity index (χ2v) is 5.74. The molecule has 2 rings (SSSR count). The number of halogens is 3. The Kier molecular flexibility index (Phi) is 5.33. The van der Waals surface area contributed by atoms with E-state index in [-0.39, 0.29) is 35.0 Å². The molecule has 1 aromatic heterocycles. The number of aromatic nitrogens is 2. The molecule has 8 heteroatoms. The largest absolute Gasteiger partial charge is 0.394 e. The molecule has 23 heavy (non-hydrogen) atoms. The maximum Gasteiger partial charge on any atom is 0.292 e. The zero-order valence-corrected chi connectivity index (χ0v) is 13.3. The third-order valence-corrected chi connectivity index (χ3v) is 3.76. The van der Waals surface area contributed by atoms with Crippen LogP contribution in [0.5, 0.6) is 0 Å². The van der Waals surface area contributed by atoms with Crippen LogP contribution in [0.15, 0.2) is 29.2 Å². The highest BCUT2D eigenvalue weighted by Gasteiger charge is 2.18. The molecular formula is C15H16ClF2N3O2. The Balaban J connectivity index is 2.43. The second kappa shape index (κ2) is 7.06. The Morgan fingerprint density at radius 3 is 2.65 bits per heavy atom. The van der Waals surface area contributed by atoms with Crippen LogP contribution < -0.4 is 10.9 Å². The molecular weight excluding hydrogens is 328 g/mol. The molecule has 0 saturated carbocycles. The van der Waals surface area contributed by atoms with E-state index in [1.165, 1.54) is 6.20 Å². The third kappa shape index (κ3) is 3.68. The molecule has 2 N–H and O–H groups in total. The summed E-state index contributed by atoms with van der Waals surface area (Å²) < 4.78 is 27.5. The SMILES string of the molecule is CC(C)[C@@H](CO)Nc1cnn(-c2ccc(F)cc2F)c(=O)c1Cl. The Morgan fingerprint density at radius 2 is 2.09 bits per heavy atom.